The summed E-state index contributed by atoms with van der Waals surface area (Å²) < 4.78 is 21.6. The van der Waals surface area contributed by atoms with E-state index in [9.17, 15) is 8.42 Å². The second kappa shape index (κ2) is 2.89. The van der Waals surface area contributed by atoms with Crippen LogP contribution in [0.2, 0.25) is 0 Å². The van der Waals surface area contributed by atoms with E-state index in [1.807, 2.05) is 0 Å². The molecule has 0 amide bonds. The summed E-state index contributed by atoms with van der Waals surface area (Å²) in [6, 6.07) is 4.27. The number of rotatable bonds is 1. The molecule has 0 unspecified atom stereocenters. The fraction of sp³-hybridized carbons (Fsp3) is 0. The zero-order chi connectivity index (χ0) is 9.19. The van der Waals surface area contributed by atoms with Crippen molar-refractivity contribution in [2.45, 2.75) is 4.90 Å². The predicted octanol–water partition coefficient (Wildman–Crippen LogP) is -0.399. The van der Waals surface area contributed by atoms with Crippen LogP contribution in [-0.4, -0.2) is 13.4 Å². The van der Waals surface area contributed by atoms with Crippen LogP contribution in [0.4, 0.5) is 0 Å². The third-order valence-corrected chi connectivity index (χ3v) is 2.13. The van der Waals surface area contributed by atoms with E-state index in [0.29, 0.717) is 0 Å². The molecule has 0 spiro atoms. The van der Waals surface area contributed by atoms with E-state index in [1.54, 1.807) is 6.07 Å². The van der Waals surface area contributed by atoms with Gasteiger partial charge in [-0.3, -0.25) is 0 Å². The Labute approximate surface area is 69.5 Å². The van der Waals surface area contributed by atoms with Gasteiger partial charge in [-0.15, -0.1) is 0 Å². The maximum absolute atomic E-state index is 10.8. The molecule has 2 N–H and O–H groups in total. The number of aromatic nitrogens is 1. The topological polar surface area (TPSA) is 96.8 Å². The Morgan fingerprint density at radius 3 is 2.67 bits per heavy atom. The largest absolute Gasteiger partial charge is 0.244 e. The number of nitriles is 1. The summed E-state index contributed by atoms with van der Waals surface area (Å²) in [7, 11) is -3.83. The minimum atomic E-state index is -3.83. The molecule has 0 aromatic carbocycles. The lowest BCUT2D eigenvalue weighted by Crippen LogP contribution is -2.14. The van der Waals surface area contributed by atoms with Gasteiger partial charge in [0.25, 0.3) is 0 Å². The highest BCUT2D eigenvalue weighted by atomic mass is 32.2. The second-order valence-corrected chi connectivity index (χ2v) is 3.54. The van der Waals surface area contributed by atoms with Crippen LogP contribution in [0.25, 0.3) is 0 Å². The summed E-state index contributed by atoms with van der Waals surface area (Å²) in [5, 5.41) is 13.3. The molecule has 1 aromatic rings. The third-order valence-electron chi connectivity index (χ3n) is 1.18. The molecule has 5 nitrogen and oxygen atoms in total. The fourth-order valence-electron chi connectivity index (χ4n) is 0.704. The Morgan fingerprint density at radius 1 is 1.58 bits per heavy atom. The Hall–Kier alpha value is -1.45. The highest BCUT2D eigenvalue weighted by Crippen LogP contribution is 2.08. The molecule has 1 rings (SSSR count). The smallest absolute Gasteiger partial charge is 0.240 e. The first-order chi connectivity index (χ1) is 5.55. The molecule has 12 heavy (non-hydrogen) atoms. The van der Waals surface area contributed by atoms with Crippen molar-refractivity contribution in [2.75, 3.05) is 0 Å². The first kappa shape index (κ1) is 8.64. The van der Waals surface area contributed by atoms with Crippen LogP contribution in [0, 0.1) is 11.3 Å². The molecule has 1 aromatic heterocycles. The molecule has 0 fully saturated rings. The van der Waals surface area contributed by atoms with Crippen LogP contribution >= 0.6 is 0 Å². The Balaban J connectivity index is 3.47. The molecule has 6 heteroatoms. The SMILES string of the molecule is N#Cc1ncccc1S(N)(=O)=O. The van der Waals surface area contributed by atoms with E-state index >= 15 is 0 Å². The highest BCUT2D eigenvalue weighted by Gasteiger charge is 2.13. The van der Waals surface area contributed by atoms with Crippen molar-refractivity contribution in [3.05, 3.63) is 24.0 Å². The van der Waals surface area contributed by atoms with Crippen LogP contribution in [0.15, 0.2) is 23.2 Å². The summed E-state index contributed by atoms with van der Waals surface area (Å²) in [5.74, 6) is 0. The summed E-state index contributed by atoms with van der Waals surface area (Å²) in [5.41, 5.74) is -0.181. The molecule has 0 atom stereocenters. The Bertz CT molecular complexity index is 432. The van der Waals surface area contributed by atoms with Gasteiger partial charge >= 0.3 is 0 Å². The lowest BCUT2D eigenvalue weighted by atomic mass is 10.4. The van der Waals surface area contributed by atoms with Gasteiger partial charge in [0.05, 0.1) is 0 Å². The van der Waals surface area contributed by atoms with E-state index in [0.717, 1.165) is 0 Å². The molecule has 62 valence electrons. The molecular weight excluding hydrogens is 178 g/mol. The van der Waals surface area contributed by atoms with Crippen LogP contribution < -0.4 is 5.14 Å². The molecule has 0 saturated carbocycles. The van der Waals surface area contributed by atoms with Crippen molar-refractivity contribution in [1.29, 1.82) is 5.26 Å². The van der Waals surface area contributed by atoms with Crippen molar-refractivity contribution in [1.82, 2.24) is 4.98 Å². The first-order valence-corrected chi connectivity index (χ1v) is 4.48. The van der Waals surface area contributed by atoms with Gasteiger partial charge < -0.3 is 0 Å². The number of hydrogen-bond donors (Lipinski definition) is 1. The van der Waals surface area contributed by atoms with Gasteiger partial charge in [0.1, 0.15) is 11.0 Å². The number of pyridine rings is 1. The standard InChI is InChI=1S/C6H5N3O2S/c7-4-5-6(12(8,10)11)2-1-3-9-5/h1-3H,(H2,8,10,11). The first-order valence-electron chi connectivity index (χ1n) is 2.93. The zero-order valence-corrected chi connectivity index (χ0v) is 6.75. The molecule has 0 saturated heterocycles. The van der Waals surface area contributed by atoms with Crippen molar-refractivity contribution in [3.8, 4) is 6.07 Å². The Kier molecular flexibility index (Phi) is 2.08. The number of hydrogen-bond acceptors (Lipinski definition) is 4. The maximum atomic E-state index is 10.8. The van der Waals surface area contributed by atoms with E-state index in [-0.39, 0.29) is 10.6 Å². The van der Waals surface area contributed by atoms with Gasteiger partial charge in [0.2, 0.25) is 10.0 Å². The average molecular weight is 183 g/mol. The zero-order valence-electron chi connectivity index (χ0n) is 5.93. The van der Waals surface area contributed by atoms with Crippen LogP contribution in [0.3, 0.4) is 0 Å². The lowest BCUT2D eigenvalue weighted by molar-refractivity contribution is 0.597. The minimum absolute atomic E-state index is 0.181. The Morgan fingerprint density at radius 2 is 2.25 bits per heavy atom. The van der Waals surface area contributed by atoms with Crippen LogP contribution in [-0.2, 0) is 10.0 Å². The molecular formula is C6H5N3O2S. The summed E-state index contributed by atoms with van der Waals surface area (Å²) in [4.78, 5) is 3.30. The van der Waals surface area contributed by atoms with E-state index in [4.69, 9.17) is 10.4 Å². The summed E-state index contributed by atoms with van der Waals surface area (Å²) in [6.45, 7) is 0. The summed E-state index contributed by atoms with van der Waals surface area (Å²) in [6.07, 6.45) is 1.33. The maximum Gasteiger partial charge on any atom is 0.240 e. The van der Waals surface area contributed by atoms with E-state index < -0.39 is 10.0 Å². The third kappa shape index (κ3) is 1.58. The molecule has 0 aliphatic heterocycles. The van der Waals surface area contributed by atoms with Crippen molar-refractivity contribution < 1.29 is 8.42 Å². The van der Waals surface area contributed by atoms with E-state index in [2.05, 4.69) is 4.98 Å². The van der Waals surface area contributed by atoms with Crippen molar-refractivity contribution in [3.63, 3.8) is 0 Å². The van der Waals surface area contributed by atoms with Gasteiger partial charge in [-0.1, -0.05) is 0 Å². The minimum Gasteiger partial charge on any atom is -0.244 e. The number of nitrogens with zero attached hydrogens (tertiary/aromatic N) is 2. The quantitative estimate of drug-likeness (QED) is 0.640. The number of nitrogens with two attached hydrogens (primary N) is 1. The predicted molar refractivity (Wildman–Crippen MR) is 40.3 cm³/mol. The van der Waals surface area contributed by atoms with Gasteiger partial charge in [0, 0.05) is 6.20 Å². The average Bonchev–Trinajstić information content (AvgIpc) is 2.03. The monoisotopic (exact) mass is 183 g/mol. The number of primary sulfonamides is 1. The van der Waals surface area contributed by atoms with Crippen molar-refractivity contribution >= 4 is 10.0 Å². The molecule has 0 aliphatic carbocycles. The fourth-order valence-corrected chi connectivity index (χ4v) is 1.34. The van der Waals surface area contributed by atoms with Gasteiger partial charge in [-0.2, -0.15) is 5.26 Å². The molecule has 1 heterocycles. The molecule has 0 bridgehead atoms. The summed E-state index contributed by atoms with van der Waals surface area (Å²) >= 11 is 0. The molecule has 0 radical (unpaired) electrons. The van der Waals surface area contributed by atoms with Gasteiger partial charge in [-0.25, -0.2) is 18.5 Å². The van der Waals surface area contributed by atoms with Crippen LogP contribution in [0.1, 0.15) is 5.69 Å². The van der Waals surface area contributed by atoms with Crippen molar-refractivity contribution in [2.24, 2.45) is 5.14 Å². The molecule has 0 aliphatic rings. The second-order valence-electron chi connectivity index (χ2n) is 2.01. The highest BCUT2D eigenvalue weighted by molar-refractivity contribution is 7.89. The van der Waals surface area contributed by atoms with Gasteiger partial charge in [0.15, 0.2) is 5.69 Å². The lowest BCUT2D eigenvalue weighted by Gasteiger charge is -1.97. The normalized spacial score (nSPS) is 10.7. The number of sulfonamides is 1. The van der Waals surface area contributed by atoms with Crippen LogP contribution in [0.5, 0.6) is 0 Å². The van der Waals surface area contributed by atoms with Gasteiger partial charge in [-0.05, 0) is 12.1 Å². The van der Waals surface area contributed by atoms with E-state index in [1.165, 1.54) is 18.3 Å².